The first-order valence-electron chi connectivity index (χ1n) is 10.5. The van der Waals surface area contributed by atoms with Crippen molar-refractivity contribution in [2.45, 2.75) is 38.4 Å². The molecule has 1 saturated heterocycles. The predicted molar refractivity (Wildman–Crippen MR) is 123 cm³/mol. The fourth-order valence-corrected chi connectivity index (χ4v) is 4.14. The molecule has 162 valence electrons. The first-order valence-corrected chi connectivity index (χ1v) is 11.3. The molecule has 1 aromatic heterocycles. The van der Waals surface area contributed by atoms with Crippen molar-refractivity contribution in [1.29, 1.82) is 0 Å². The van der Waals surface area contributed by atoms with Gasteiger partial charge in [-0.05, 0) is 49.2 Å². The van der Waals surface area contributed by atoms with E-state index < -0.39 is 0 Å². The van der Waals surface area contributed by atoms with Crippen molar-refractivity contribution in [2.75, 3.05) is 13.1 Å². The zero-order valence-corrected chi connectivity index (χ0v) is 18.7. The van der Waals surface area contributed by atoms with Crippen molar-refractivity contribution >= 4 is 29.7 Å². The third kappa shape index (κ3) is 5.81. The Kier molecular flexibility index (Phi) is 7.17. The van der Waals surface area contributed by atoms with E-state index >= 15 is 0 Å². The van der Waals surface area contributed by atoms with Crippen molar-refractivity contribution in [3.8, 4) is 11.5 Å². The Morgan fingerprint density at radius 3 is 2.58 bits per heavy atom. The number of carbonyl (C=O) groups excluding carboxylic acids is 1. The first kappa shape index (κ1) is 21.7. The minimum atomic E-state index is 0.116. The summed E-state index contributed by atoms with van der Waals surface area (Å²) in [5.41, 5.74) is 1.92. The lowest BCUT2D eigenvalue weighted by molar-refractivity contribution is -0.122. The molecule has 6 nitrogen and oxygen atoms in total. The molecule has 31 heavy (non-hydrogen) atoms. The molecule has 0 bridgehead atoms. The lowest BCUT2D eigenvalue weighted by Gasteiger charge is -2.31. The third-order valence-corrected chi connectivity index (χ3v) is 6.10. The summed E-state index contributed by atoms with van der Waals surface area (Å²) in [4.78, 5) is 14.9. The van der Waals surface area contributed by atoms with Crippen LogP contribution in [0.3, 0.4) is 0 Å². The SMILES string of the molecule is O=C(CCc1ccccc1)NC1CCN(Cn2nc(-c3ccccc3Cl)oc2=S)CC1. The van der Waals surface area contributed by atoms with E-state index in [0.29, 0.717) is 28.8 Å². The summed E-state index contributed by atoms with van der Waals surface area (Å²) in [6.07, 6.45) is 3.09. The van der Waals surface area contributed by atoms with Crippen LogP contribution < -0.4 is 5.32 Å². The monoisotopic (exact) mass is 456 g/mol. The zero-order valence-electron chi connectivity index (χ0n) is 17.2. The molecular weight excluding hydrogens is 432 g/mol. The summed E-state index contributed by atoms with van der Waals surface area (Å²) in [6, 6.07) is 17.7. The Hall–Kier alpha value is -2.48. The molecule has 0 unspecified atom stereocenters. The number of halogens is 1. The number of aromatic nitrogens is 2. The maximum Gasteiger partial charge on any atom is 0.288 e. The Labute approximate surface area is 191 Å². The van der Waals surface area contributed by atoms with Crippen LogP contribution in [0.5, 0.6) is 0 Å². The summed E-state index contributed by atoms with van der Waals surface area (Å²) in [5, 5.41) is 8.26. The molecule has 1 N–H and O–H groups in total. The van der Waals surface area contributed by atoms with Crippen LogP contribution in [0.25, 0.3) is 11.5 Å². The molecule has 2 heterocycles. The molecule has 1 aliphatic rings. The van der Waals surface area contributed by atoms with Gasteiger partial charge in [-0.3, -0.25) is 9.69 Å². The summed E-state index contributed by atoms with van der Waals surface area (Å²) in [7, 11) is 0. The van der Waals surface area contributed by atoms with Crippen LogP contribution in [0.2, 0.25) is 5.02 Å². The van der Waals surface area contributed by atoms with Crippen LogP contribution in [0.1, 0.15) is 24.8 Å². The van der Waals surface area contributed by atoms with Crippen LogP contribution in [0, 0.1) is 4.84 Å². The maximum absolute atomic E-state index is 12.3. The average molecular weight is 457 g/mol. The zero-order chi connectivity index (χ0) is 21.6. The molecule has 0 radical (unpaired) electrons. The van der Waals surface area contributed by atoms with E-state index in [1.54, 1.807) is 10.7 Å². The van der Waals surface area contributed by atoms with Gasteiger partial charge >= 0.3 is 0 Å². The standard InChI is InChI=1S/C23H25ClN4O2S/c24-20-9-5-4-8-19(20)22-26-28(23(31)30-22)16-27-14-12-18(13-15-27)25-21(29)11-10-17-6-2-1-3-7-17/h1-9,18H,10-16H2,(H,25,29). The summed E-state index contributed by atoms with van der Waals surface area (Å²) >= 11 is 11.6. The van der Waals surface area contributed by atoms with Gasteiger partial charge in [-0.1, -0.05) is 54.1 Å². The second-order valence-corrected chi connectivity index (χ2v) is 8.50. The van der Waals surface area contributed by atoms with Crippen molar-refractivity contribution in [3.05, 3.63) is 70.0 Å². The highest BCUT2D eigenvalue weighted by Crippen LogP contribution is 2.26. The normalized spacial score (nSPS) is 15.1. The molecule has 1 aliphatic heterocycles. The first-order chi connectivity index (χ1) is 15.1. The predicted octanol–water partition coefficient (Wildman–Crippen LogP) is 4.70. The minimum Gasteiger partial charge on any atom is -0.409 e. The average Bonchev–Trinajstić information content (AvgIpc) is 3.14. The van der Waals surface area contributed by atoms with Crippen LogP contribution >= 0.6 is 23.8 Å². The number of carbonyl (C=O) groups is 1. The third-order valence-electron chi connectivity index (χ3n) is 5.48. The molecule has 0 spiro atoms. The van der Waals surface area contributed by atoms with Gasteiger partial charge in [0.2, 0.25) is 11.8 Å². The van der Waals surface area contributed by atoms with Crippen LogP contribution in [0.4, 0.5) is 0 Å². The second kappa shape index (κ2) is 10.2. The second-order valence-electron chi connectivity index (χ2n) is 7.74. The number of piperidine rings is 1. The van der Waals surface area contributed by atoms with Crippen molar-refractivity contribution < 1.29 is 9.21 Å². The molecular formula is C23H25ClN4O2S. The summed E-state index contributed by atoms with van der Waals surface area (Å²) in [5.74, 6) is 0.543. The molecule has 4 rings (SSSR count). The van der Waals surface area contributed by atoms with E-state index in [-0.39, 0.29) is 11.9 Å². The van der Waals surface area contributed by atoms with Gasteiger partial charge in [0.25, 0.3) is 4.84 Å². The maximum atomic E-state index is 12.3. The van der Waals surface area contributed by atoms with E-state index in [1.165, 1.54) is 5.56 Å². The van der Waals surface area contributed by atoms with Gasteiger partial charge in [0.05, 0.1) is 17.3 Å². The van der Waals surface area contributed by atoms with E-state index in [2.05, 4.69) is 27.4 Å². The van der Waals surface area contributed by atoms with Gasteiger partial charge in [-0.2, -0.15) is 0 Å². The van der Waals surface area contributed by atoms with Crippen LogP contribution in [0.15, 0.2) is 59.0 Å². The Balaban J connectivity index is 1.25. The van der Waals surface area contributed by atoms with Crippen molar-refractivity contribution in [2.24, 2.45) is 0 Å². The largest absolute Gasteiger partial charge is 0.409 e. The molecule has 1 amide bonds. The number of nitrogens with zero attached hydrogens (tertiary/aromatic N) is 3. The van der Waals surface area contributed by atoms with Crippen LogP contribution in [-0.4, -0.2) is 39.7 Å². The number of amides is 1. The summed E-state index contributed by atoms with van der Waals surface area (Å²) < 4.78 is 7.35. The quantitative estimate of drug-likeness (QED) is 0.522. The highest BCUT2D eigenvalue weighted by atomic mass is 35.5. The van der Waals surface area contributed by atoms with E-state index in [4.69, 9.17) is 28.2 Å². The molecule has 2 aromatic carbocycles. The fourth-order valence-electron chi connectivity index (χ4n) is 3.75. The van der Waals surface area contributed by atoms with Gasteiger partial charge in [-0.15, -0.1) is 5.10 Å². The van der Waals surface area contributed by atoms with Gasteiger partial charge in [-0.25, -0.2) is 4.68 Å². The van der Waals surface area contributed by atoms with Gasteiger partial charge in [0, 0.05) is 25.6 Å². The smallest absolute Gasteiger partial charge is 0.288 e. The molecule has 0 atom stereocenters. The topological polar surface area (TPSA) is 63.3 Å². The Bertz CT molecular complexity index is 1070. The number of benzene rings is 2. The fraction of sp³-hybridized carbons (Fsp3) is 0.348. The van der Waals surface area contributed by atoms with Crippen LogP contribution in [-0.2, 0) is 17.9 Å². The number of hydrogen-bond acceptors (Lipinski definition) is 5. The summed E-state index contributed by atoms with van der Waals surface area (Å²) in [6.45, 7) is 2.28. The number of hydrogen-bond donors (Lipinski definition) is 1. The minimum absolute atomic E-state index is 0.116. The van der Waals surface area contributed by atoms with E-state index in [0.717, 1.165) is 37.9 Å². The van der Waals surface area contributed by atoms with Gasteiger partial charge in [0.15, 0.2) is 0 Å². The van der Waals surface area contributed by atoms with Gasteiger partial charge < -0.3 is 9.73 Å². The van der Waals surface area contributed by atoms with Gasteiger partial charge in [0.1, 0.15) is 0 Å². The number of aryl methyl sites for hydroxylation is 1. The Morgan fingerprint density at radius 2 is 1.84 bits per heavy atom. The number of likely N-dealkylation sites (tertiary alicyclic amines) is 1. The molecule has 0 aliphatic carbocycles. The number of nitrogens with one attached hydrogen (secondary N) is 1. The Morgan fingerprint density at radius 1 is 1.13 bits per heavy atom. The number of rotatable bonds is 7. The molecule has 1 fully saturated rings. The molecule has 8 heteroatoms. The highest BCUT2D eigenvalue weighted by Gasteiger charge is 2.22. The van der Waals surface area contributed by atoms with E-state index in [9.17, 15) is 4.79 Å². The highest BCUT2D eigenvalue weighted by molar-refractivity contribution is 7.71. The molecule has 0 saturated carbocycles. The lowest BCUT2D eigenvalue weighted by Crippen LogP contribution is -2.45. The molecule has 3 aromatic rings. The van der Waals surface area contributed by atoms with E-state index in [1.807, 2.05) is 36.4 Å². The lowest BCUT2D eigenvalue weighted by atomic mass is 10.0. The van der Waals surface area contributed by atoms with Crippen molar-refractivity contribution in [1.82, 2.24) is 20.0 Å². The van der Waals surface area contributed by atoms with Crippen molar-refractivity contribution in [3.63, 3.8) is 0 Å².